The van der Waals surface area contributed by atoms with Crippen molar-refractivity contribution < 1.29 is 38.2 Å². The van der Waals surface area contributed by atoms with E-state index in [-0.39, 0.29) is 25.0 Å². The lowest BCUT2D eigenvalue weighted by Crippen LogP contribution is -2.47. The minimum absolute atomic E-state index is 0.0284. The third kappa shape index (κ3) is 12.6. The van der Waals surface area contributed by atoms with E-state index in [4.69, 9.17) is 19.9 Å². The maximum atomic E-state index is 14.2. The van der Waals surface area contributed by atoms with E-state index in [0.29, 0.717) is 0 Å². The monoisotopic (exact) mass is 732 g/mol. The number of amides is 1. The summed E-state index contributed by atoms with van der Waals surface area (Å²) in [5, 5.41) is 2.67. The minimum Gasteiger partial charge on any atom is -0.467 e. The molecule has 10 nitrogen and oxygen atoms in total. The maximum absolute atomic E-state index is 14.2. The Balaban J connectivity index is 2.01. The first-order valence-corrected chi connectivity index (χ1v) is 18.3. The van der Waals surface area contributed by atoms with Crippen LogP contribution in [-0.4, -0.2) is 65.7 Å². The molecule has 3 aromatic carbocycles. The Bertz CT molecular complexity index is 1540. The molecule has 0 bridgehead atoms. The van der Waals surface area contributed by atoms with Crippen molar-refractivity contribution >= 4 is 41.4 Å². The molecule has 0 aliphatic carbocycles. The van der Waals surface area contributed by atoms with Crippen LogP contribution < -0.4 is 11.1 Å². The molecule has 3 rings (SSSR count). The second kappa shape index (κ2) is 18.8. The summed E-state index contributed by atoms with van der Waals surface area (Å²) in [7, 11) is 1.16. The van der Waals surface area contributed by atoms with Gasteiger partial charge in [0.25, 0.3) is 0 Å². The summed E-state index contributed by atoms with van der Waals surface area (Å²) in [6.07, 6.45) is -0.806. The van der Waals surface area contributed by atoms with Crippen molar-refractivity contribution in [1.29, 1.82) is 0 Å². The largest absolute Gasteiger partial charge is 0.467 e. The SMILES string of the molecule is COC(=O)[C@H](CC(=O)OC(C)(C)C)NC(=O)[C@H](CSC(c1ccccc1)(c1ccccc1)c1ccccc1)CC(=O)[C@@H](N)CCC(=O)OC(C)(C)C. The molecule has 11 heteroatoms. The summed E-state index contributed by atoms with van der Waals surface area (Å²) in [5.74, 6) is -4.00. The highest BCUT2D eigenvalue weighted by molar-refractivity contribution is 8.00. The molecule has 0 spiro atoms. The number of thioether (sulfide) groups is 1. The fraction of sp³-hybridized carbons (Fsp3) is 0.439. The molecule has 280 valence electrons. The third-order valence-corrected chi connectivity index (χ3v) is 9.66. The van der Waals surface area contributed by atoms with E-state index in [9.17, 15) is 24.0 Å². The van der Waals surface area contributed by atoms with Gasteiger partial charge >= 0.3 is 17.9 Å². The Morgan fingerprint density at radius 3 is 1.56 bits per heavy atom. The third-order valence-electron chi connectivity index (χ3n) is 7.95. The van der Waals surface area contributed by atoms with Crippen LogP contribution in [0.1, 0.15) is 83.9 Å². The summed E-state index contributed by atoms with van der Waals surface area (Å²) >= 11 is 1.47. The van der Waals surface area contributed by atoms with Crippen molar-refractivity contribution in [3.05, 3.63) is 108 Å². The number of carbonyl (C=O) groups excluding carboxylic acids is 5. The standard InChI is InChI=1S/C41H52N2O8S/c1-39(2,3)50-35(45)24-23-32(42)34(44)25-28(37(47)43-33(38(48)49-7)26-36(46)51-40(4,5)6)27-52-41(29-17-11-8-12-18-29,30-19-13-9-14-20-30)31-21-15-10-16-22-31/h8-22,28,32-33H,23-27,42H2,1-7H3,(H,43,47)/t28-,32-,33-/m0/s1. The van der Waals surface area contributed by atoms with Gasteiger partial charge in [-0.1, -0.05) is 91.0 Å². The van der Waals surface area contributed by atoms with Crippen LogP contribution in [0.3, 0.4) is 0 Å². The predicted molar refractivity (Wildman–Crippen MR) is 202 cm³/mol. The van der Waals surface area contributed by atoms with Gasteiger partial charge in [-0.15, -0.1) is 11.8 Å². The number of rotatable bonds is 17. The van der Waals surface area contributed by atoms with Gasteiger partial charge in [0.2, 0.25) is 5.91 Å². The van der Waals surface area contributed by atoms with Crippen LogP contribution >= 0.6 is 11.8 Å². The van der Waals surface area contributed by atoms with Crippen molar-refractivity contribution in [3.63, 3.8) is 0 Å². The summed E-state index contributed by atoms with van der Waals surface area (Å²) in [6, 6.07) is 27.2. The second-order valence-electron chi connectivity index (χ2n) is 14.6. The molecule has 52 heavy (non-hydrogen) atoms. The summed E-state index contributed by atoms with van der Waals surface area (Å²) in [5.41, 5.74) is 7.64. The van der Waals surface area contributed by atoms with Gasteiger partial charge in [0.1, 0.15) is 23.0 Å². The van der Waals surface area contributed by atoms with Gasteiger partial charge < -0.3 is 25.3 Å². The molecule has 1 amide bonds. The van der Waals surface area contributed by atoms with E-state index in [1.807, 2.05) is 91.0 Å². The fourth-order valence-electron chi connectivity index (χ4n) is 5.62. The Kier molecular flexibility index (Phi) is 15.2. The Hall–Kier alpha value is -4.48. The molecule has 0 saturated heterocycles. The van der Waals surface area contributed by atoms with Crippen LogP contribution in [0.25, 0.3) is 0 Å². The maximum Gasteiger partial charge on any atom is 0.328 e. The number of nitrogens with one attached hydrogen (secondary N) is 1. The molecule has 3 aromatic rings. The zero-order valence-electron chi connectivity index (χ0n) is 31.2. The Morgan fingerprint density at radius 1 is 0.692 bits per heavy atom. The quantitative estimate of drug-likeness (QED) is 0.0943. The first kappa shape index (κ1) is 41.9. The predicted octanol–water partition coefficient (Wildman–Crippen LogP) is 6.13. The Morgan fingerprint density at radius 2 is 1.13 bits per heavy atom. The summed E-state index contributed by atoms with van der Waals surface area (Å²) in [6.45, 7) is 10.3. The summed E-state index contributed by atoms with van der Waals surface area (Å²) in [4.78, 5) is 65.8. The number of methoxy groups -OCH3 is 1. The normalized spacial score (nSPS) is 13.6. The number of benzene rings is 3. The van der Waals surface area contributed by atoms with Gasteiger partial charge in [-0.05, 0) is 64.7 Å². The van der Waals surface area contributed by atoms with Crippen molar-refractivity contribution in [1.82, 2.24) is 5.32 Å². The lowest BCUT2D eigenvalue weighted by atomic mass is 9.84. The molecule has 3 N–H and O–H groups in total. The summed E-state index contributed by atoms with van der Waals surface area (Å²) < 4.78 is 14.9. The average Bonchev–Trinajstić information content (AvgIpc) is 3.09. The van der Waals surface area contributed by atoms with Gasteiger partial charge in [0, 0.05) is 18.6 Å². The first-order chi connectivity index (χ1) is 24.4. The number of hydrogen-bond acceptors (Lipinski definition) is 10. The van der Waals surface area contributed by atoms with Crippen LogP contribution in [0.15, 0.2) is 91.0 Å². The molecule has 0 aromatic heterocycles. The first-order valence-electron chi connectivity index (χ1n) is 17.4. The number of Topliss-reactive ketones (excluding diaryl/α,β-unsaturated/α-hetero) is 1. The van der Waals surface area contributed by atoms with Crippen LogP contribution in [0, 0.1) is 5.92 Å². The molecular formula is C41H52N2O8S. The van der Waals surface area contributed by atoms with Crippen molar-refractivity contribution in [3.8, 4) is 0 Å². The smallest absolute Gasteiger partial charge is 0.328 e. The van der Waals surface area contributed by atoms with Crippen LogP contribution in [0.2, 0.25) is 0 Å². The van der Waals surface area contributed by atoms with E-state index in [0.717, 1.165) is 23.8 Å². The van der Waals surface area contributed by atoms with Gasteiger partial charge in [0.15, 0.2) is 0 Å². The number of hydrogen-bond donors (Lipinski definition) is 2. The molecule has 0 aliphatic rings. The molecule has 0 heterocycles. The van der Waals surface area contributed by atoms with E-state index in [1.54, 1.807) is 41.5 Å². The number of ether oxygens (including phenoxy) is 3. The number of nitrogens with two attached hydrogens (primary N) is 1. The molecule has 0 radical (unpaired) electrons. The average molecular weight is 733 g/mol. The molecular weight excluding hydrogens is 681 g/mol. The number of carbonyl (C=O) groups is 5. The van der Waals surface area contributed by atoms with Gasteiger partial charge in [0.05, 0.1) is 30.2 Å². The molecule has 0 fully saturated rings. The molecule has 3 atom stereocenters. The molecule has 0 unspecified atom stereocenters. The Labute approximate surface area is 311 Å². The van der Waals surface area contributed by atoms with Crippen LogP contribution in [-0.2, 0) is 42.9 Å². The number of esters is 3. The van der Waals surface area contributed by atoms with Gasteiger partial charge in [-0.3, -0.25) is 19.2 Å². The fourth-order valence-corrected chi connectivity index (χ4v) is 7.25. The minimum atomic E-state index is -1.36. The topological polar surface area (TPSA) is 151 Å². The zero-order chi connectivity index (χ0) is 38.5. The lowest BCUT2D eigenvalue weighted by molar-refractivity contribution is -0.159. The van der Waals surface area contributed by atoms with Crippen molar-refractivity contribution in [2.75, 3.05) is 12.9 Å². The van der Waals surface area contributed by atoms with E-state index in [2.05, 4.69) is 5.32 Å². The highest BCUT2D eigenvalue weighted by Gasteiger charge is 2.40. The lowest BCUT2D eigenvalue weighted by Gasteiger charge is -2.36. The zero-order valence-corrected chi connectivity index (χ0v) is 32.0. The van der Waals surface area contributed by atoms with Gasteiger partial charge in [-0.2, -0.15) is 0 Å². The van der Waals surface area contributed by atoms with Crippen LogP contribution in [0.5, 0.6) is 0 Å². The molecule has 0 aliphatic heterocycles. The van der Waals surface area contributed by atoms with Crippen LogP contribution in [0.4, 0.5) is 0 Å². The second-order valence-corrected chi connectivity index (χ2v) is 15.8. The number of ketones is 1. The van der Waals surface area contributed by atoms with Crippen molar-refractivity contribution in [2.45, 2.75) is 95.3 Å². The van der Waals surface area contributed by atoms with E-state index >= 15 is 0 Å². The van der Waals surface area contributed by atoms with E-state index < -0.39 is 70.0 Å². The molecule has 0 saturated carbocycles. The van der Waals surface area contributed by atoms with E-state index in [1.165, 1.54) is 11.8 Å². The van der Waals surface area contributed by atoms with Gasteiger partial charge in [-0.25, -0.2) is 4.79 Å². The highest BCUT2D eigenvalue weighted by Crippen LogP contribution is 2.49. The highest BCUT2D eigenvalue weighted by atomic mass is 32.2. The van der Waals surface area contributed by atoms with Crippen molar-refractivity contribution in [2.24, 2.45) is 11.7 Å².